The van der Waals surface area contributed by atoms with Crippen LogP contribution in [0.1, 0.15) is 43.6 Å². The van der Waals surface area contributed by atoms with Crippen molar-refractivity contribution in [2.75, 3.05) is 13.7 Å². The van der Waals surface area contributed by atoms with Gasteiger partial charge in [0.2, 0.25) is 0 Å². The number of benzene rings is 3. The van der Waals surface area contributed by atoms with Crippen LogP contribution in [-0.4, -0.2) is 13.7 Å². The van der Waals surface area contributed by atoms with Crippen LogP contribution in [0.2, 0.25) is 0 Å². The number of hydrogen-bond donors (Lipinski definition) is 0. The van der Waals surface area contributed by atoms with Gasteiger partial charge < -0.3 is 14.2 Å². The molecule has 3 aromatic rings. The molecule has 0 aromatic heterocycles. The predicted molar refractivity (Wildman–Crippen MR) is 118 cm³/mol. The molecule has 29 heavy (non-hydrogen) atoms. The molecule has 0 heterocycles. The first kappa shape index (κ1) is 21.1. The molecule has 0 saturated heterocycles. The van der Waals surface area contributed by atoms with Crippen molar-refractivity contribution in [2.24, 2.45) is 0 Å². The van der Waals surface area contributed by atoms with Crippen LogP contribution in [0.3, 0.4) is 0 Å². The van der Waals surface area contributed by atoms with Crippen LogP contribution in [0.25, 0.3) is 0 Å². The van der Waals surface area contributed by atoms with Crippen molar-refractivity contribution in [1.82, 2.24) is 0 Å². The van der Waals surface area contributed by atoms with Crippen LogP contribution >= 0.6 is 0 Å². The molecule has 0 bridgehead atoms. The van der Waals surface area contributed by atoms with Crippen LogP contribution in [0.4, 0.5) is 0 Å². The second kappa shape index (κ2) is 9.73. The molecular weight excluding hydrogens is 360 g/mol. The zero-order valence-electron chi connectivity index (χ0n) is 17.7. The maximum Gasteiger partial charge on any atom is 0.127 e. The molecule has 0 spiro atoms. The van der Waals surface area contributed by atoms with Crippen molar-refractivity contribution >= 4 is 0 Å². The highest BCUT2D eigenvalue weighted by Gasteiger charge is 2.21. The first-order chi connectivity index (χ1) is 14.0. The fraction of sp³-hybridized carbons (Fsp3) is 0.308. The summed E-state index contributed by atoms with van der Waals surface area (Å²) < 4.78 is 17.4. The minimum absolute atomic E-state index is 0.0764. The van der Waals surface area contributed by atoms with Gasteiger partial charge in [0.05, 0.1) is 19.3 Å². The summed E-state index contributed by atoms with van der Waals surface area (Å²) >= 11 is 0. The Kier molecular flexibility index (Phi) is 7.08. The summed E-state index contributed by atoms with van der Waals surface area (Å²) in [6.07, 6.45) is 0.105. The minimum atomic E-state index is -0.0764. The number of rotatable bonds is 9. The average Bonchev–Trinajstić information content (AvgIpc) is 2.74. The number of hydrogen-bond acceptors (Lipinski definition) is 3. The highest BCUT2D eigenvalue weighted by atomic mass is 16.5. The van der Waals surface area contributed by atoms with E-state index in [1.807, 2.05) is 48.5 Å². The normalized spacial score (nSPS) is 12.6. The van der Waals surface area contributed by atoms with Crippen LogP contribution in [-0.2, 0) is 21.5 Å². The molecule has 3 aromatic carbocycles. The van der Waals surface area contributed by atoms with E-state index in [0.29, 0.717) is 13.2 Å². The Balaban J connectivity index is 1.56. The standard InChI is InChI=1S/C26H30O3/c1-20(27-4)22-13-15-23(16-14-22)26(2,3)19-28-18-21-9-8-12-25(17-21)29-24-10-6-5-7-11-24/h5-17,20H,18-19H2,1-4H3. The Hall–Kier alpha value is -2.62. The number of para-hydroxylation sites is 1. The number of ether oxygens (including phenoxy) is 3. The lowest BCUT2D eigenvalue weighted by molar-refractivity contribution is 0.0823. The van der Waals surface area contributed by atoms with Gasteiger partial charge in [-0.3, -0.25) is 0 Å². The molecule has 3 rings (SSSR count). The van der Waals surface area contributed by atoms with Gasteiger partial charge in [0, 0.05) is 12.5 Å². The largest absolute Gasteiger partial charge is 0.457 e. The van der Waals surface area contributed by atoms with E-state index in [0.717, 1.165) is 17.1 Å². The Morgan fingerprint density at radius 3 is 2.21 bits per heavy atom. The quantitative estimate of drug-likeness (QED) is 0.408. The Morgan fingerprint density at radius 1 is 0.828 bits per heavy atom. The fourth-order valence-corrected chi connectivity index (χ4v) is 3.17. The van der Waals surface area contributed by atoms with E-state index >= 15 is 0 Å². The van der Waals surface area contributed by atoms with Crippen molar-refractivity contribution in [3.63, 3.8) is 0 Å². The summed E-state index contributed by atoms with van der Waals surface area (Å²) in [5.74, 6) is 1.65. The Morgan fingerprint density at radius 2 is 1.52 bits per heavy atom. The first-order valence-corrected chi connectivity index (χ1v) is 10.0. The lowest BCUT2D eigenvalue weighted by Crippen LogP contribution is -2.24. The van der Waals surface area contributed by atoms with E-state index in [1.54, 1.807) is 7.11 Å². The van der Waals surface area contributed by atoms with Gasteiger partial charge in [0.15, 0.2) is 0 Å². The molecule has 1 unspecified atom stereocenters. The van der Waals surface area contributed by atoms with Crippen molar-refractivity contribution in [1.29, 1.82) is 0 Å². The van der Waals surface area contributed by atoms with E-state index in [2.05, 4.69) is 51.1 Å². The molecule has 0 aliphatic carbocycles. The smallest absolute Gasteiger partial charge is 0.127 e. The first-order valence-electron chi connectivity index (χ1n) is 10.0. The van der Waals surface area contributed by atoms with Crippen molar-refractivity contribution in [3.05, 3.63) is 95.6 Å². The highest BCUT2D eigenvalue weighted by Crippen LogP contribution is 2.27. The molecule has 3 nitrogen and oxygen atoms in total. The third kappa shape index (κ3) is 5.93. The second-order valence-electron chi connectivity index (χ2n) is 7.94. The van der Waals surface area contributed by atoms with Gasteiger partial charge in [0.25, 0.3) is 0 Å². The topological polar surface area (TPSA) is 27.7 Å². The molecule has 0 radical (unpaired) electrons. The van der Waals surface area contributed by atoms with Crippen LogP contribution in [0.15, 0.2) is 78.9 Å². The molecule has 0 aliphatic heterocycles. The van der Waals surface area contributed by atoms with Gasteiger partial charge in [-0.1, -0.05) is 68.4 Å². The van der Waals surface area contributed by atoms with E-state index in [1.165, 1.54) is 11.1 Å². The van der Waals surface area contributed by atoms with E-state index < -0.39 is 0 Å². The monoisotopic (exact) mass is 390 g/mol. The summed E-state index contributed by atoms with van der Waals surface area (Å²) in [6, 6.07) is 26.5. The molecule has 152 valence electrons. The molecule has 1 atom stereocenters. The van der Waals surface area contributed by atoms with Crippen LogP contribution in [0, 0.1) is 0 Å². The van der Waals surface area contributed by atoms with Gasteiger partial charge >= 0.3 is 0 Å². The maximum atomic E-state index is 6.06. The lowest BCUT2D eigenvalue weighted by Gasteiger charge is -2.26. The van der Waals surface area contributed by atoms with Crippen molar-refractivity contribution in [2.45, 2.75) is 38.9 Å². The third-order valence-electron chi connectivity index (χ3n) is 5.12. The zero-order chi connectivity index (χ0) is 20.7. The Labute approximate surface area is 174 Å². The fourth-order valence-electron chi connectivity index (χ4n) is 3.17. The van der Waals surface area contributed by atoms with Crippen LogP contribution < -0.4 is 4.74 Å². The molecular formula is C26H30O3. The molecule has 0 saturated carbocycles. The Bertz CT molecular complexity index is 885. The maximum absolute atomic E-state index is 6.06. The average molecular weight is 391 g/mol. The third-order valence-corrected chi connectivity index (χ3v) is 5.12. The molecule has 0 fully saturated rings. The van der Waals surface area contributed by atoms with Gasteiger partial charge in [-0.05, 0) is 47.9 Å². The van der Waals surface area contributed by atoms with Crippen molar-refractivity contribution in [3.8, 4) is 11.5 Å². The summed E-state index contributed by atoms with van der Waals surface area (Å²) in [5, 5.41) is 0. The lowest BCUT2D eigenvalue weighted by atomic mass is 9.85. The highest BCUT2D eigenvalue weighted by molar-refractivity contribution is 5.34. The van der Waals surface area contributed by atoms with E-state index in [-0.39, 0.29) is 11.5 Å². The summed E-state index contributed by atoms with van der Waals surface area (Å²) in [6.45, 7) is 7.65. The van der Waals surface area contributed by atoms with Gasteiger partial charge in [-0.25, -0.2) is 0 Å². The van der Waals surface area contributed by atoms with E-state index in [9.17, 15) is 0 Å². The second-order valence-corrected chi connectivity index (χ2v) is 7.94. The zero-order valence-corrected chi connectivity index (χ0v) is 17.7. The minimum Gasteiger partial charge on any atom is -0.457 e. The molecule has 0 aliphatic rings. The summed E-state index contributed by atoms with van der Waals surface area (Å²) in [7, 11) is 1.73. The number of methoxy groups -OCH3 is 1. The predicted octanol–water partition coefficient (Wildman–Crippen LogP) is 6.68. The van der Waals surface area contributed by atoms with Gasteiger partial charge in [-0.2, -0.15) is 0 Å². The van der Waals surface area contributed by atoms with Crippen LogP contribution in [0.5, 0.6) is 11.5 Å². The van der Waals surface area contributed by atoms with Gasteiger partial charge in [0.1, 0.15) is 11.5 Å². The summed E-state index contributed by atoms with van der Waals surface area (Å²) in [5.41, 5.74) is 3.46. The molecule has 0 N–H and O–H groups in total. The van der Waals surface area contributed by atoms with Crippen molar-refractivity contribution < 1.29 is 14.2 Å². The van der Waals surface area contributed by atoms with Gasteiger partial charge in [-0.15, -0.1) is 0 Å². The van der Waals surface area contributed by atoms with E-state index in [4.69, 9.17) is 14.2 Å². The SMILES string of the molecule is COC(C)c1ccc(C(C)(C)COCc2cccc(Oc3ccccc3)c2)cc1. The summed E-state index contributed by atoms with van der Waals surface area (Å²) in [4.78, 5) is 0. The molecule has 3 heteroatoms. The molecule has 0 amide bonds.